The van der Waals surface area contributed by atoms with Crippen molar-refractivity contribution in [2.75, 3.05) is 27.2 Å². The van der Waals surface area contributed by atoms with Gasteiger partial charge in [0, 0.05) is 36.6 Å². The van der Waals surface area contributed by atoms with Crippen LogP contribution in [0.1, 0.15) is 12.0 Å². The Labute approximate surface area is 118 Å². The Morgan fingerprint density at radius 3 is 2.72 bits per heavy atom. The third kappa shape index (κ3) is 4.84. The van der Waals surface area contributed by atoms with Crippen molar-refractivity contribution in [3.8, 4) is 0 Å². The van der Waals surface area contributed by atoms with Crippen LogP contribution in [0.4, 0.5) is 0 Å². The quantitative estimate of drug-likeness (QED) is 0.873. The maximum absolute atomic E-state index is 11.8. The lowest BCUT2D eigenvalue weighted by atomic mass is 10.1. The molecule has 3 nitrogen and oxygen atoms in total. The zero-order chi connectivity index (χ0) is 13.5. The molecule has 0 aliphatic rings. The highest BCUT2D eigenvalue weighted by atomic mass is 35.5. The lowest BCUT2D eigenvalue weighted by molar-refractivity contribution is -0.129. The van der Waals surface area contributed by atoms with Gasteiger partial charge in [0.25, 0.3) is 0 Å². The standard InChI is InChI=1S/C13H18Cl2N2O/c1-16-7-8-17(2)13(18)6-4-10-3-5-11(14)9-12(10)15/h3,5,9,16H,4,6-8H2,1-2H3. The Hall–Kier alpha value is -0.770. The van der Waals surface area contributed by atoms with Crippen LogP contribution < -0.4 is 5.32 Å². The molecule has 100 valence electrons. The van der Waals surface area contributed by atoms with E-state index in [0.29, 0.717) is 29.4 Å². The second-order valence-corrected chi connectivity index (χ2v) is 5.00. The minimum Gasteiger partial charge on any atom is -0.344 e. The largest absolute Gasteiger partial charge is 0.344 e. The first-order valence-electron chi connectivity index (χ1n) is 5.87. The van der Waals surface area contributed by atoms with Crippen molar-refractivity contribution in [2.24, 2.45) is 0 Å². The smallest absolute Gasteiger partial charge is 0.222 e. The summed E-state index contributed by atoms with van der Waals surface area (Å²) in [6.45, 7) is 1.51. The monoisotopic (exact) mass is 288 g/mol. The van der Waals surface area contributed by atoms with Gasteiger partial charge in [-0.25, -0.2) is 0 Å². The number of aryl methyl sites for hydroxylation is 1. The number of amides is 1. The van der Waals surface area contributed by atoms with E-state index in [9.17, 15) is 4.79 Å². The van der Waals surface area contributed by atoms with Gasteiger partial charge in [-0.3, -0.25) is 4.79 Å². The van der Waals surface area contributed by atoms with Crippen LogP contribution in [0.15, 0.2) is 18.2 Å². The van der Waals surface area contributed by atoms with Crippen LogP contribution in [-0.4, -0.2) is 38.0 Å². The van der Waals surface area contributed by atoms with Gasteiger partial charge >= 0.3 is 0 Å². The van der Waals surface area contributed by atoms with E-state index in [0.717, 1.165) is 12.1 Å². The molecule has 0 unspecified atom stereocenters. The fourth-order valence-electron chi connectivity index (χ4n) is 1.56. The van der Waals surface area contributed by atoms with Gasteiger partial charge in [0.15, 0.2) is 0 Å². The van der Waals surface area contributed by atoms with E-state index in [1.54, 1.807) is 17.0 Å². The van der Waals surface area contributed by atoms with Crippen LogP contribution in [0.3, 0.4) is 0 Å². The number of carbonyl (C=O) groups is 1. The third-order valence-electron chi connectivity index (χ3n) is 2.75. The Balaban J connectivity index is 2.47. The van der Waals surface area contributed by atoms with Crippen molar-refractivity contribution in [1.29, 1.82) is 0 Å². The molecule has 0 radical (unpaired) electrons. The normalized spacial score (nSPS) is 10.4. The maximum Gasteiger partial charge on any atom is 0.222 e. The molecule has 0 heterocycles. The van der Waals surface area contributed by atoms with E-state index < -0.39 is 0 Å². The molecule has 1 N–H and O–H groups in total. The number of benzene rings is 1. The molecule has 0 spiro atoms. The summed E-state index contributed by atoms with van der Waals surface area (Å²) in [4.78, 5) is 13.6. The Morgan fingerprint density at radius 2 is 2.11 bits per heavy atom. The molecule has 0 saturated carbocycles. The first kappa shape index (κ1) is 15.3. The number of hydrogen-bond donors (Lipinski definition) is 1. The molecule has 0 bridgehead atoms. The highest BCUT2D eigenvalue weighted by molar-refractivity contribution is 6.35. The number of halogens is 2. The van der Waals surface area contributed by atoms with Crippen LogP contribution in [-0.2, 0) is 11.2 Å². The summed E-state index contributed by atoms with van der Waals surface area (Å²) in [6.07, 6.45) is 1.10. The van der Waals surface area contributed by atoms with Crippen LogP contribution >= 0.6 is 23.2 Å². The molecule has 1 aromatic rings. The van der Waals surface area contributed by atoms with Gasteiger partial charge in [-0.05, 0) is 31.2 Å². The second kappa shape index (κ2) is 7.62. The van der Waals surface area contributed by atoms with Crippen molar-refractivity contribution in [2.45, 2.75) is 12.8 Å². The molecule has 1 aromatic carbocycles. The minimum atomic E-state index is 0.122. The van der Waals surface area contributed by atoms with Gasteiger partial charge in [0.1, 0.15) is 0 Å². The first-order chi connectivity index (χ1) is 8.54. The summed E-state index contributed by atoms with van der Waals surface area (Å²) in [5.74, 6) is 0.122. The Bertz CT molecular complexity index is 410. The van der Waals surface area contributed by atoms with Crippen LogP contribution in [0.25, 0.3) is 0 Å². The number of nitrogens with one attached hydrogen (secondary N) is 1. The molecule has 0 aliphatic heterocycles. The highest BCUT2D eigenvalue weighted by Gasteiger charge is 2.09. The highest BCUT2D eigenvalue weighted by Crippen LogP contribution is 2.22. The molecule has 5 heteroatoms. The van der Waals surface area contributed by atoms with E-state index in [-0.39, 0.29) is 5.91 Å². The van der Waals surface area contributed by atoms with E-state index in [2.05, 4.69) is 5.32 Å². The fourth-order valence-corrected chi connectivity index (χ4v) is 2.06. The first-order valence-corrected chi connectivity index (χ1v) is 6.62. The molecule has 1 rings (SSSR count). The Kier molecular flexibility index (Phi) is 6.47. The average molecular weight is 289 g/mol. The zero-order valence-corrected chi connectivity index (χ0v) is 12.2. The van der Waals surface area contributed by atoms with Crippen molar-refractivity contribution in [3.63, 3.8) is 0 Å². The van der Waals surface area contributed by atoms with Crippen molar-refractivity contribution < 1.29 is 4.79 Å². The van der Waals surface area contributed by atoms with Gasteiger partial charge in [-0.1, -0.05) is 29.3 Å². The minimum absolute atomic E-state index is 0.122. The molecule has 0 aromatic heterocycles. The summed E-state index contributed by atoms with van der Waals surface area (Å²) in [5.41, 5.74) is 0.955. The van der Waals surface area contributed by atoms with Gasteiger partial charge in [-0.2, -0.15) is 0 Å². The lowest BCUT2D eigenvalue weighted by Crippen LogP contribution is -2.32. The van der Waals surface area contributed by atoms with E-state index in [4.69, 9.17) is 23.2 Å². The molecule has 0 atom stereocenters. The van der Waals surface area contributed by atoms with E-state index in [1.807, 2.05) is 20.2 Å². The predicted octanol–water partition coefficient (Wildman–Crippen LogP) is 2.60. The summed E-state index contributed by atoms with van der Waals surface area (Å²) < 4.78 is 0. The number of hydrogen-bond acceptors (Lipinski definition) is 2. The van der Waals surface area contributed by atoms with Crippen LogP contribution in [0.2, 0.25) is 10.0 Å². The molecule has 0 fully saturated rings. The number of rotatable bonds is 6. The Morgan fingerprint density at radius 1 is 1.39 bits per heavy atom. The van der Waals surface area contributed by atoms with E-state index in [1.165, 1.54) is 0 Å². The topological polar surface area (TPSA) is 32.3 Å². The van der Waals surface area contributed by atoms with Gasteiger partial charge in [-0.15, -0.1) is 0 Å². The van der Waals surface area contributed by atoms with Crippen LogP contribution in [0, 0.1) is 0 Å². The lowest BCUT2D eigenvalue weighted by Gasteiger charge is -2.17. The van der Waals surface area contributed by atoms with E-state index >= 15 is 0 Å². The molecule has 0 saturated heterocycles. The number of carbonyl (C=O) groups excluding carboxylic acids is 1. The molecule has 0 aliphatic carbocycles. The zero-order valence-electron chi connectivity index (χ0n) is 10.7. The third-order valence-corrected chi connectivity index (χ3v) is 3.33. The summed E-state index contributed by atoms with van der Waals surface area (Å²) in [6, 6.07) is 5.36. The SMILES string of the molecule is CNCCN(C)C(=O)CCc1ccc(Cl)cc1Cl. The van der Waals surface area contributed by atoms with Gasteiger partial charge in [0.2, 0.25) is 5.91 Å². The second-order valence-electron chi connectivity index (χ2n) is 4.15. The van der Waals surface area contributed by atoms with Gasteiger partial charge in [0.05, 0.1) is 0 Å². The summed E-state index contributed by atoms with van der Waals surface area (Å²) in [5, 5.41) is 4.24. The molecular formula is C13H18Cl2N2O. The molecule has 1 amide bonds. The van der Waals surface area contributed by atoms with Gasteiger partial charge < -0.3 is 10.2 Å². The predicted molar refractivity (Wildman–Crippen MR) is 76.3 cm³/mol. The summed E-state index contributed by atoms with van der Waals surface area (Å²) >= 11 is 11.9. The average Bonchev–Trinajstić information content (AvgIpc) is 2.34. The van der Waals surface area contributed by atoms with Crippen molar-refractivity contribution in [1.82, 2.24) is 10.2 Å². The van der Waals surface area contributed by atoms with Crippen molar-refractivity contribution >= 4 is 29.1 Å². The van der Waals surface area contributed by atoms with Crippen molar-refractivity contribution in [3.05, 3.63) is 33.8 Å². The molecular weight excluding hydrogens is 271 g/mol. The summed E-state index contributed by atoms with van der Waals surface area (Å²) in [7, 11) is 3.68. The molecule has 18 heavy (non-hydrogen) atoms. The number of likely N-dealkylation sites (N-methyl/N-ethyl adjacent to an activating group) is 2. The number of nitrogens with zero attached hydrogens (tertiary/aromatic N) is 1. The van der Waals surface area contributed by atoms with Crippen LogP contribution in [0.5, 0.6) is 0 Å². The maximum atomic E-state index is 11.8. The fraction of sp³-hybridized carbons (Fsp3) is 0.462.